The molecule has 4 nitrogen and oxygen atoms in total. The number of fused-ring (bicyclic) bond motifs is 1. The Bertz CT molecular complexity index is 775. The van der Waals surface area contributed by atoms with Crippen LogP contribution in [0.4, 0.5) is 0 Å². The van der Waals surface area contributed by atoms with E-state index in [1.807, 2.05) is 48.7 Å². The standard InChI is InChI=1S/C18H18N2O2/c1-22-15-8-6-13(7-9-15)10-18(21)20-12-14-11-19-17-5-3-2-4-16(14)17/h2-9,11,19H,10,12H2,1H3,(H,20,21). The summed E-state index contributed by atoms with van der Waals surface area (Å²) in [6.07, 6.45) is 2.31. The van der Waals surface area contributed by atoms with Gasteiger partial charge in [-0.3, -0.25) is 4.79 Å². The van der Waals surface area contributed by atoms with Gasteiger partial charge in [0.1, 0.15) is 5.75 Å². The van der Waals surface area contributed by atoms with Gasteiger partial charge in [0, 0.05) is 23.6 Å². The molecule has 0 bridgehead atoms. The van der Waals surface area contributed by atoms with Crippen molar-refractivity contribution in [3.8, 4) is 5.75 Å². The van der Waals surface area contributed by atoms with Crippen LogP contribution >= 0.6 is 0 Å². The molecule has 0 unspecified atom stereocenters. The molecule has 4 heteroatoms. The minimum absolute atomic E-state index is 0.00967. The molecular weight excluding hydrogens is 276 g/mol. The number of ether oxygens (including phenoxy) is 1. The summed E-state index contributed by atoms with van der Waals surface area (Å²) in [7, 11) is 1.63. The van der Waals surface area contributed by atoms with E-state index in [1.165, 1.54) is 0 Å². The Morgan fingerprint density at radius 1 is 1.14 bits per heavy atom. The fourth-order valence-corrected chi connectivity index (χ4v) is 2.46. The maximum absolute atomic E-state index is 12.0. The molecule has 2 aromatic carbocycles. The van der Waals surface area contributed by atoms with Gasteiger partial charge < -0.3 is 15.0 Å². The highest BCUT2D eigenvalue weighted by molar-refractivity contribution is 5.84. The molecule has 1 amide bonds. The Balaban J connectivity index is 1.60. The maximum Gasteiger partial charge on any atom is 0.224 e. The Kier molecular flexibility index (Phi) is 4.10. The number of amides is 1. The third-order valence-corrected chi connectivity index (χ3v) is 3.67. The van der Waals surface area contributed by atoms with E-state index in [2.05, 4.69) is 16.4 Å². The van der Waals surface area contributed by atoms with Crippen molar-refractivity contribution in [2.75, 3.05) is 7.11 Å². The van der Waals surface area contributed by atoms with Crippen LogP contribution in [-0.4, -0.2) is 18.0 Å². The molecule has 2 N–H and O–H groups in total. The van der Waals surface area contributed by atoms with E-state index in [-0.39, 0.29) is 5.91 Å². The van der Waals surface area contributed by atoms with Gasteiger partial charge in [-0.1, -0.05) is 30.3 Å². The first-order valence-corrected chi connectivity index (χ1v) is 7.21. The molecule has 0 atom stereocenters. The summed E-state index contributed by atoms with van der Waals surface area (Å²) in [6, 6.07) is 15.6. The average molecular weight is 294 g/mol. The minimum atomic E-state index is 0.00967. The quantitative estimate of drug-likeness (QED) is 0.760. The molecule has 22 heavy (non-hydrogen) atoms. The van der Waals surface area contributed by atoms with E-state index in [0.29, 0.717) is 13.0 Å². The number of para-hydroxylation sites is 1. The molecule has 112 valence electrons. The summed E-state index contributed by atoms with van der Waals surface area (Å²) in [5.41, 5.74) is 3.15. The third kappa shape index (κ3) is 3.11. The first kappa shape index (κ1) is 14.2. The molecule has 0 radical (unpaired) electrons. The number of nitrogens with one attached hydrogen (secondary N) is 2. The number of aromatic nitrogens is 1. The average Bonchev–Trinajstić information content (AvgIpc) is 2.97. The van der Waals surface area contributed by atoms with Crippen molar-refractivity contribution in [3.05, 3.63) is 65.9 Å². The zero-order chi connectivity index (χ0) is 15.4. The largest absolute Gasteiger partial charge is 0.497 e. The van der Waals surface area contributed by atoms with E-state index in [0.717, 1.165) is 27.8 Å². The summed E-state index contributed by atoms with van der Waals surface area (Å²) in [5, 5.41) is 4.11. The Labute approximate surface area is 129 Å². The van der Waals surface area contributed by atoms with Crippen LogP contribution in [0.25, 0.3) is 10.9 Å². The van der Waals surface area contributed by atoms with Crippen LogP contribution in [0.1, 0.15) is 11.1 Å². The SMILES string of the molecule is COc1ccc(CC(=O)NCc2c[nH]c3ccccc23)cc1. The molecule has 0 fully saturated rings. The van der Waals surface area contributed by atoms with Gasteiger partial charge in [-0.2, -0.15) is 0 Å². The third-order valence-electron chi connectivity index (χ3n) is 3.67. The lowest BCUT2D eigenvalue weighted by atomic mass is 10.1. The van der Waals surface area contributed by atoms with Gasteiger partial charge in [-0.15, -0.1) is 0 Å². The van der Waals surface area contributed by atoms with E-state index in [4.69, 9.17) is 4.74 Å². The van der Waals surface area contributed by atoms with Crippen molar-refractivity contribution in [3.63, 3.8) is 0 Å². The van der Waals surface area contributed by atoms with Crippen molar-refractivity contribution in [2.24, 2.45) is 0 Å². The summed E-state index contributed by atoms with van der Waals surface area (Å²) in [4.78, 5) is 15.3. The van der Waals surface area contributed by atoms with Gasteiger partial charge in [0.05, 0.1) is 13.5 Å². The van der Waals surface area contributed by atoms with Crippen LogP contribution < -0.4 is 10.1 Å². The summed E-state index contributed by atoms with van der Waals surface area (Å²) in [6.45, 7) is 0.527. The number of hydrogen-bond donors (Lipinski definition) is 2. The number of H-pyrrole nitrogens is 1. The topological polar surface area (TPSA) is 54.1 Å². The lowest BCUT2D eigenvalue weighted by Gasteiger charge is -2.06. The number of aromatic amines is 1. The fourth-order valence-electron chi connectivity index (χ4n) is 2.46. The van der Waals surface area contributed by atoms with Crippen molar-refractivity contribution in [2.45, 2.75) is 13.0 Å². The van der Waals surface area contributed by atoms with Crippen LogP contribution in [0, 0.1) is 0 Å². The molecule has 0 spiro atoms. The van der Waals surface area contributed by atoms with Gasteiger partial charge in [0.2, 0.25) is 5.91 Å². The predicted molar refractivity (Wildman–Crippen MR) is 86.8 cm³/mol. The summed E-state index contributed by atoms with van der Waals surface area (Å²) >= 11 is 0. The van der Waals surface area contributed by atoms with E-state index in [9.17, 15) is 4.79 Å². The molecule has 3 aromatic rings. The summed E-state index contributed by atoms with van der Waals surface area (Å²) in [5.74, 6) is 0.804. The molecular formula is C18H18N2O2. The molecule has 3 rings (SSSR count). The molecule has 0 aliphatic heterocycles. The number of carbonyl (C=O) groups excluding carboxylic acids is 1. The monoisotopic (exact) mass is 294 g/mol. The molecule has 0 saturated carbocycles. The zero-order valence-corrected chi connectivity index (χ0v) is 12.4. The smallest absolute Gasteiger partial charge is 0.224 e. The van der Waals surface area contributed by atoms with Gasteiger partial charge in [0.25, 0.3) is 0 Å². The maximum atomic E-state index is 12.0. The normalized spacial score (nSPS) is 10.6. The first-order valence-electron chi connectivity index (χ1n) is 7.21. The minimum Gasteiger partial charge on any atom is -0.497 e. The highest BCUT2D eigenvalue weighted by Gasteiger charge is 2.06. The number of rotatable bonds is 5. The fraction of sp³-hybridized carbons (Fsp3) is 0.167. The highest BCUT2D eigenvalue weighted by atomic mass is 16.5. The van der Waals surface area contributed by atoms with Crippen molar-refractivity contribution < 1.29 is 9.53 Å². The van der Waals surface area contributed by atoms with E-state index in [1.54, 1.807) is 7.11 Å². The lowest BCUT2D eigenvalue weighted by Crippen LogP contribution is -2.24. The van der Waals surface area contributed by atoms with E-state index >= 15 is 0 Å². The lowest BCUT2D eigenvalue weighted by molar-refractivity contribution is -0.120. The second-order valence-corrected chi connectivity index (χ2v) is 5.16. The van der Waals surface area contributed by atoms with Crippen molar-refractivity contribution in [1.82, 2.24) is 10.3 Å². The first-order chi connectivity index (χ1) is 10.8. The van der Waals surface area contributed by atoms with Gasteiger partial charge in [-0.25, -0.2) is 0 Å². The number of methoxy groups -OCH3 is 1. The van der Waals surface area contributed by atoms with E-state index < -0.39 is 0 Å². The second-order valence-electron chi connectivity index (χ2n) is 5.16. The van der Waals surface area contributed by atoms with Crippen LogP contribution in [0.3, 0.4) is 0 Å². The van der Waals surface area contributed by atoms with Crippen LogP contribution in [0.5, 0.6) is 5.75 Å². The number of carbonyl (C=O) groups is 1. The number of hydrogen-bond acceptors (Lipinski definition) is 2. The Hall–Kier alpha value is -2.75. The second kappa shape index (κ2) is 6.35. The Morgan fingerprint density at radius 2 is 1.91 bits per heavy atom. The molecule has 0 aliphatic carbocycles. The number of benzene rings is 2. The van der Waals surface area contributed by atoms with Crippen LogP contribution in [0.15, 0.2) is 54.7 Å². The molecule has 0 saturated heterocycles. The van der Waals surface area contributed by atoms with Gasteiger partial charge in [0.15, 0.2) is 0 Å². The van der Waals surface area contributed by atoms with Crippen LogP contribution in [0.2, 0.25) is 0 Å². The molecule has 0 aliphatic rings. The van der Waals surface area contributed by atoms with Crippen molar-refractivity contribution >= 4 is 16.8 Å². The molecule has 1 aromatic heterocycles. The zero-order valence-electron chi connectivity index (χ0n) is 12.4. The Morgan fingerprint density at radius 3 is 2.68 bits per heavy atom. The van der Waals surface area contributed by atoms with Crippen LogP contribution in [-0.2, 0) is 17.8 Å². The van der Waals surface area contributed by atoms with Gasteiger partial charge in [-0.05, 0) is 29.3 Å². The van der Waals surface area contributed by atoms with Crippen molar-refractivity contribution in [1.29, 1.82) is 0 Å². The molecule has 1 heterocycles. The highest BCUT2D eigenvalue weighted by Crippen LogP contribution is 2.17. The predicted octanol–water partition coefficient (Wildman–Crippen LogP) is 3.04. The summed E-state index contributed by atoms with van der Waals surface area (Å²) < 4.78 is 5.11. The van der Waals surface area contributed by atoms with Gasteiger partial charge >= 0.3 is 0 Å².